The van der Waals surface area contributed by atoms with Crippen LogP contribution in [0.1, 0.15) is 19.8 Å². The molecule has 3 nitrogen and oxygen atoms in total. The standard InChI is InChI=1S/C8H10FN3/c1-8(3-4-8)12-6-2-5-10-7(9)11-6/h2,5H,3-4H2,1H3,(H,10,11,12). The van der Waals surface area contributed by atoms with Crippen molar-refractivity contribution >= 4 is 5.82 Å². The molecule has 0 amide bonds. The van der Waals surface area contributed by atoms with Crippen molar-refractivity contribution in [3.05, 3.63) is 18.3 Å². The van der Waals surface area contributed by atoms with Crippen LogP contribution in [0.4, 0.5) is 10.2 Å². The summed E-state index contributed by atoms with van der Waals surface area (Å²) in [5.74, 6) is 0.572. The fraction of sp³-hybridized carbons (Fsp3) is 0.500. The minimum atomic E-state index is -0.677. The molecule has 64 valence electrons. The SMILES string of the molecule is CC1(Nc2ccnc(F)n2)CC1. The molecule has 0 atom stereocenters. The van der Waals surface area contributed by atoms with Crippen LogP contribution in [0.25, 0.3) is 0 Å². The van der Waals surface area contributed by atoms with Gasteiger partial charge in [0, 0.05) is 11.7 Å². The van der Waals surface area contributed by atoms with Crippen LogP contribution in [0, 0.1) is 6.08 Å². The van der Waals surface area contributed by atoms with Gasteiger partial charge in [0.1, 0.15) is 5.82 Å². The Morgan fingerprint density at radius 3 is 2.92 bits per heavy atom. The molecule has 0 radical (unpaired) electrons. The lowest BCUT2D eigenvalue weighted by Crippen LogP contribution is -2.17. The van der Waals surface area contributed by atoms with Crippen LogP contribution >= 0.6 is 0 Å². The van der Waals surface area contributed by atoms with Crippen molar-refractivity contribution in [2.45, 2.75) is 25.3 Å². The molecule has 1 aromatic rings. The van der Waals surface area contributed by atoms with E-state index in [9.17, 15) is 4.39 Å². The fourth-order valence-corrected chi connectivity index (χ4v) is 1.03. The van der Waals surface area contributed by atoms with Gasteiger partial charge in [0.25, 0.3) is 0 Å². The first-order valence-corrected chi connectivity index (χ1v) is 3.95. The Morgan fingerprint density at radius 1 is 1.58 bits per heavy atom. The maximum Gasteiger partial charge on any atom is 0.310 e. The monoisotopic (exact) mass is 167 g/mol. The van der Waals surface area contributed by atoms with Crippen molar-refractivity contribution < 1.29 is 4.39 Å². The number of halogens is 1. The normalized spacial score (nSPS) is 18.8. The first-order chi connectivity index (χ1) is 5.68. The predicted molar refractivity (Wildman–Crippen MR) is 43.3 cm³/mol. The summed E-state index contributed by atoms with van der Waals surface area (Å²) in [4.78, 5) is 6.98. The topological polar surface area (TPSA) is 37.8 Å². The van der Waals surface area contributed by atoms with Crippen LogP contribution in [0.2, 0.25) is 0 Å². The molecule has 4 heteroatoms. The molecule has 1 heterocycles. The Morgan fingerprint density at radius 2 is 2.33 bits per heavy atom. The Balaban J connectivity index is 2.12. The lowest BCUT2D eigenvalue weighted by atomic mass is 10.3. The quantitative estimate of drug-likeness (QED) is 0.679. The summed E-state index contributed by atoms with van der Waals surface area (Å²) >= 11 is 0. The summed E-state index contributed by atoms with van der Waals surface area (Å²) in [6, 6.07) is 1.67. The van der Waals surface area contributed by atoms with E-state index in [1.54, 1.807) is 6.07 Å². The van der Waals surface area contributed by atoms with E-state index in [2.05, 4.69) is 22.2 Å². The molecule has 2 rings (SSSR count). The maximum atomic E-state index is 12.5. The third-order valence-electron chi connectivity index (χ3n) is 2.06. The van der Waals surface area contributed by atoms with E-state index < -0.39 is 6.08 Å². The van der Waals surface area contributed by atoms with Gasteiger partial charge in [-0.25, -0.2) is 4.98 Å². The zero-order valence-corrected chi connectivity index (χ0v) is 6.84. The highest BCUT2D eigenvalue weighted by Gasteiger charge is 2.37. The number of aromatic nitrogens is 2. The van der Waals surface area contributed by atoms with Crippen LogP contribution in [0.5, 0.6) is 0 Å². The number of hydrogen-bond donors (Lipinski definition) is 1. The van der Waals surface area contributed by atoms with Gasteiger partial charge in [-0.3, -0.25) is 0 Å². The highest BCUT2D eigenvalue weighted by molar-refractivity contribution is 5.38. The minimum Gasteiger partial charge on any atom is -0.365 e. The summed E-state index contributed by atoms with van der Waals surface area (Å²) in [6.07, 6.45) is 2.98. The first-order valence-electron chi connectivity index (χ1n) is 3.95. The molecular formula is C8H10FN3. The van der Waals surface area contributed by atoms with Crippen molar-refractivity contribution in [1.82, 2.24) is 9.97 Å². The predicted octanol–water partition coefficient (Wildman–Crippen LogP) is 1.58. The van der Waals surface area contributed by atoms with Crippen molar-refractivity contribution in [1.29, 1.82) is 0 Å². The van der Waals surface area contributed by atoms with E-state index in [4.69, 9.17) is 0 Å². The third kappa shape index (κ3) is 1.52. The molecule has 1 aromatic heterocycles. The lowest BCUT2D eigenvalue weighted by molar-refractivity contribution is 0.539. The molecule has 0 aromatic carbocycles. The van der Waals surface area contributed by atoms with E-state index in [1.165, 1.54) is 6.20 Å². The number of hydrogen-bond acceptors (Lipinski definition) is 3. The van der Waals surface area contributed by atoms with E-state index in [0.717, 1.165) is 12.8 Å². The molecule has 0 unspecified atom stereocenters. The zero-order chi connectivity index (χ0) is 8.60. The van der Waals surface area contributed by atoms with Gasteiger partial charge in [-0.1, -0.05) is 0 Å². The van der Waals surface area contributed by atoms with Gasteiger partial charge in [-0.15, -0.1) is 0 Å². The van der Waals surface area contributed by atoms with E-state index in [-0.39, 0.29) is 5.54 Å². The Bertz CT molecular complexity index is 296. The van der Waals surface area contributed by atoms with E-state index in [1.807, 2.05) is 0 Å². The molecule has 1 fully saturated rings. The molecule has 0 spiro atoms. The van der Waals surface area contributed by atoms with Crippen LogP contribution in [0.15, 0.2) is 12.3 Å². The molecule has 12 heavy (non-hydrogen) atoms. The molecule has 1 saturated carbocycles. The van der Waals surface area contributed by atoms with Crippen molar-refractivity contribution in [3.63, 3.8) is 0 Å². The molecule has 1 N–H and O–H groups in total. The molecule has 0 bridgehead atoms. The summed E-state index contributed by atoms with van der Waals surface area (Å²) in [5, 5.41) is 3.14. The molecule has 1 aliphatic carbocycles. The summed E-state index contributed by atoms with van der Waals surface area (Å²) < 4.78 is 12.5. The molecule has 0 aliphatic heterocycles. The smallest absolute Gasteiger partial charge is 0.310 e. The highest BCUT2D eigenvalue weighted by atomic mass is 19.1. The fourth-order valence-electron chi connectivity index (χ4n) is 1.03. The largest absolute Gasteiger partial charge is 0.365 e. The van der Waals surface area contributed by atoms with Crippen molar-refractivity contribution in [3.8, 4) is 0 Å². The van der Waals surface area contributed by atoms with E-state index in [0.29, 0.717) is 5.82 Å². The maximum absolute atomic E-state index is 12.5. The minimum absolute atomic E-state index is 0.140. The Kier molecular flexibility index (Phi) is 1.49. The summed E-state index contributed by atoms with van der Waals surface area (Å²) in [7, 11) is 0. The van der Waals surface area contributed by atoms with Crippen LogP contribution < -0.4 is 5.32 Å². The van der Waals surface area contributed by atoms with Gasteiger partial charge >= 0.3 is 6.08 Å². The van der Waals surface area contributed by atoms with Gasteiger partial charge < -0.3 is 5.32 Å². The number of rotatable bonds is 2. The van der Waals surface area contributed by atoms with Crippen LogP contribution in [-0.4, -0.2) is 15.5 Å². The number of nitrogens with zero attached hydrogens (tertiary/aromatic N) is 2. The second-order valence-corrected chi connectivity index (χ2v) is 3.40. The van der Waals surface area contributed by atoms with Crippen LogP contribution in [0.3, 0.4) is 0 Å². The molecule has 0 saturated heterocycles. The van der Waals surface area contributed by atoms with Gasteiger partial charge in [-0.05, 0) is 25.8 Å². The average Bonchev–Trinajstić information content (AvgIpc) is 2.67. The number of anilines is 1. The van der Waals surface area contributed by atoms with E-state index >= 15 is 0 Å². The second-order valence-electron chi connectivity index (χ2n) is 3.40. The average molecular weight is 167 g/mol. The van der Waals surface area contributed by atoms with Crippen molar-refractivity contribution in [2.75, 3.05) is 5.32 Å². The van der Waals surface area contributed by atoms with Gasteiger partial charge in [0.05, 0.1) is 0 Å². The lowest BCUT2D eigenvalue weighted by Gasteiger charge is -2.10. The number of nitrogens with one attached hydrogen (secondary N) is 1. The first kappa shape index (κ1) is 7.46. The zero-order valence-electron chi connectivity index (χ0n) is 6.84. The third-order valence-corrected chi connectivity index (χ3v) is 2.06. The van der Waals surface area contributed by atoms with Crippen molar-refractivity contribution in [2.24, 2.45) is 0 Å². The summed E-state index contributed by atoms with van der Waals surface area (Å²) in [6.45, 7) is 2.09. The highest BCUT2D eigenvalue weighted by Crippen LogP contribution is 2.37. The van der Waals surface area contributed by atoms with Gasteiger partial charge in [-0.2, -0.15) is 9.37 Å². The van der Waals surface area contributed by atoms with Crippen LogP contribution in [-0.2, 0) is 0 Å². The molecular weight excluding hydrogens is 157 g/mol. The Labute approximate surface area is 70.0 Å². The van der Waals surface area contributed by atoms with Gasteiger partial charge in [0.2, 0.25) is 0 Å². The molecule has 1 aliphatic rings. The summed E-state index contributed by atoms with van der Waals surface area (Å²) in [5.41, 5.74) is 0.140. The second kappa shape index (κ2) is 2.40. The van der Waals surface area contributed by atoms with Gasteiger partial charge in [0.15, 0.2) is 0 Å². The Hall–Kier alpha value is -1.19.